The Balaban J connectivity index is 2.01. The van der Waals surface area contributed by atoms with Gasteiger partial charge in [-0.3, -0.25) is 0 Å². The zero-order chi connectivity index (χ0) is 16.8. The predicted octanol–water partition coefficient (Wildman–Crippen LogP) is 3.90. The Kier molecular flexibility index (Phi) is 3.71. The fraction of sp³-hybridized carbons (Fsp3) is 0.286. The number of rotatable bonds is 2. The Hall–Kier alpha value is -2.22. The first-order valence-electron chi connectivity index (χ1n) is 6.67. The third-order valence-corrected chi connectivity index (χ3v) is 3.93. The molecular weight excluding hydrogens is 335 g/mol. The first kappa shape index (κ1) is 15.7. The van der Waals surface area contributed by atoms with E-state index >= 15 is 0 Å². The first-order valence-corrected chi connectivity index (χ1v) is 7.05. The molecule has 0 spiro atoms. The van der Waals surface area contributed by atoms with E-state index in [4.69, 9.17) is 16.7 Å². The van der Waals surface area contributed by atoms with Crippen LogP contribution in [0.5, 0.6) is 0 Å². The van der Waals surface area contributed by atoms with E-state index in [0.29, 0.717) is 15.3 Å². The van der Waals surface area contributed by atoms with E-state index in [1.807, 2.05) is 0 Å². The van der Waals surface area contributed by atoms with Crippen LogP contribution in [0.1, 0.15) is 34.6 Å². The van der Waals surface area contributed by atoms with Crippen molar-refractivity contribution < 1.29 is 23.1 Å². The number of nitrogens with one attached hydrogen (secondary N) is 1. The quantitative estimate of drug-likeness (QED) is 0.866. The van der Waals surface area contributed by atoms with Crippen LogP contribution in [0, 0.1) is 0 Å². The highest BCUT2D eigenvalue weighted by Crippen LogP contribution is 2.43. The van der Waals surface area contributed by atoms with Crippen LogP contribution >= 0.6 is 11.6 Å². The molecule has 0 bridgehead atoms. The van der Waals surface area contributed by atoms with Crippen molar-refractivity contribution in [3.8, 4) is 0 Å². The molecule has 2 aromatic rings. The standard InChI is InChI=1S/C14H11ClF3N3O2/c15-8-3-1-7(2-4-8)9-5-11(14(16,17)18)21-12(19-9)6-10(20-21)13(22)23/h1-4,6,9,11,19H,5H2,(H,22,23)/t9-,11-/m0/s1. The van der Waals surface area contributed by atoms with Gasteiger partial charge in [-0.1, -0.05) is 23.7 Å². The molecule has 0 saturated carbocycles. The second kappa shape index (κ2) is 5.45. The maximum absolute atomic E-state index is 13.3. The lowest BCUT2D eigenvalue weighted by atomic mass is 9.97. The Labute approximate surface area is 133 Å². The largest absolute Gasteiger partial charge is 0.476 e. The molecule has 0 amide bonds. The number of carbonyl (C=O) groups is 1. The molecule has 122 valence electrons. The molecule has 0 fully saturated rings. The number of halogens is 4. The number of aromatic carboxylic acids is 1. The van der Waals surface area contributed by atoms with Gasteiger partial charge in [-0.2, -0.15) is 18.3 Å². The zero-order valence-corrected chi connectivity index (χ0v) is 12.3. The summed E-state index contributed by atoms with van der Waals surface area (Å²) in [6.45, 7) is 0. The molecular formula is C14H11ClF3N3O2. The first-order chi connectivity index (χ1) is 10.8. The van der Waals surface area contributed by atoms with Crippen LogP contribution in [0.3, 0.4) is 0 Å². The Bertz CT molecular complexity index is 743. The van der Waals surface area contributed by atoms with Crippen LogP contribution in [-0.2, 0) is 0 Å². The van der Waals surface area contributed by atoms with Crippen LogP contribution in [0.25, 0.3) is 0 Å². The van der Waals surface area contributed by atoms with Gasteiger partial charge in [0.25, 0.3) is 0 Å². The van der Waals surface area contributed by atoms with Gasteiger partial charge in [0.05, 0.1) is 6.04 Å². The summed E-state index contributed by atoms with van der Waals surface area (Å²) < 4.78 is 40.7. The fourth-order valence-corrected chi connectivity index (χ4v) is 2.72. The Morgan fingerprint density at radius 1 is 1.35 bits per heavy atom. The molecule has 0 aliphatic carbocycles. The fourth-order valence-electron chi connectivity index (χ4n) is 2.59. The van der Waals surface area contributed by atoms with Crippen molar-refractivity contribution >= 4 is 23.4 Å². The van der Waals surface area contributed by atoms with E-state index in [1.165, 1.54) is 0 Å². The lowest BCUT2D eigenvalue weighted by molar-refractivity contribution is -0.173. The van der Waals surface area contributed by atoms with Gasteiger partial charge in [0.2, 0.25) is 0 Å². The van der Waals surface area contributed by atoms with E-state index in [9.17, 15) is 18.0 Å². The summed E-state index contributed by atoms with van der Waals surface area (Å²) in [4.78, 5) is 11.0. The zero-order valence-electron chi connectivity index (χ0n) is 11.5. The topological polar surface area (TPSA) is 67.1 Å². The number of carboxylic acids is 1. The number of hydrogen-bond acceptors (Lipinski definition) is 3. The number of nitrogens with zero attached hydrogens (tertiary/aromatic N) is 2. The van der Waals surface area contributed by atoms with Crippen LogP contribution in [0.15, 0.2) is 30.3 Å². The highest BCUT2D eigenvalue weighted by Gasteiger charge is 2.46. The second-order valence-electron chi connectivity index (χ2n) is 5.21. The normalized spacial score (nSPS) is 20.7. The number of aromatic nitrogens is 2. The minimum Gasteiger partial charge on any atom is -0.476 e. The summed E-state index contributed by atoms with van der Waals surface area (Å²) in [5, 5.41) is 15.9. The third-order valence-electron chi connectivity index (χ3n) is 3.68. The summed E-state index contributed by atoms with van der Waals surface area (Å²) in [6, 6.07) is 5.04. The molecule has 9 heteroatoms. The maximum Gasteiger partial charge on any atom is 0.410 e. The van der Waals surface area contributed by atoms with Crippen LogP contribution in [0.4, 0.5) is 19.0 Å². The van der Waals surface area contributed by atoms with Crippen molar-refractivity contribution in [2.75, 3.05) is 5.32 Å². The molecule has 2 N–H and O–H groups in total. The van der Waals surface area contributed by atoms with Crippen molar-refractivity contribution in [3.63, 3.8) is 0 Å². The second-order valence-corrected chi connectivity index (χ2v) is 5.64. The highest BCUT2D eigenvalue weighted by atomic mass is 35.5. The number of anilines is 1. The van der Waals surface area contributed by atoms with Gasteiger partial charge < -0.3 is 10.4 Å². The molecule has 1 aromatic heterocycles. The van der Waals surface area contributed by atoms with Crippen LogP contribution in [0.2, 0.25) is 5.02 Å². The number of hydrogen-bond donors (Lipinski definition) is 2. The SMILES string of the molecule is O=C(O)c1cc2n(n1)[C@H](C(F)(F)F)C[C@@H](c1ccc(Cl)cc1)N2. The molecule has 1 aliphatic heterocycles. The van der Waals surface area contributed by atoms with Crippen molar-refractivity contribution in [1.29, 1.82) is 0 Å². The van der Waals surface area contributed by atoms with Crippen molar-refractivity contribution in [1.82, 2.24) is 9.78 Å². The molecule has 0 radical (unpaired) electrons. The molecule has 1 aromatic carbocycles. The maximum atomic E-state index is 13.3. The summed E-state index contributed by atoms with van der Waals surface area (Å²) in [6.07, 6.45) is -4.83. The molecule has 3 rings (SSSR count). The van der Waals surface area contributed by atoms with E-state index in [-0.39, 0.29) is 12.2 Å². The molecule has 0 saturated heterocycles. The van der Waals surface area contributed by atoms with Gasteiger partial charge in [-0.15, -0.1) is 0 Å². The summed E-state index contributed by atoms with van der Waals surface area (Å²) >= 11 is 5.79. The number of carboxylic acid groups (broad SMARTS) is 1. The van der Waals surface area contributed by atoms with Crippen molar-refractivity contribution in [2.45, 2.75) is 24.7 Å². The van der Waals surface area contributed by atoms with Crippen molar-refractivity contribution in [2.24, 2.45) is 0 Å². The lowest BCUT2D eigenvalue weighted by Crippen LogP contribution is -2.35. The molecule has 2 heterocycles. The Morgan fingerprint density at radius 2 is 2.00 bits per heavy atom. The molecule has 1 aliphatic rings. The van der Waals surface area contributed by atoms with Gasteiger partial charge in [0, 0.05) is 17.5 Å². The van der Waals surface area contributed by atoms with Crippen molar-refractivity contribution in [3.05, 3.63) is 46.6 Å². The predicted molar refractivity (Wildman–Crippen MR) is 76.7 cm³/mol. The van der Waals surface area contributed by atoms with Gasteiger partial charge in [-0.25, -0.2) is 9.48 Å². The lowest BCUT2D eigenvalue weighted by Gasteiger charge is -2.33. The third kappa shape index (κ3) is 2.98. The molecule has 23 heavy (non-hydrogen) atoms. The van der Waals surface area contributed by atoms with Gasteiger partial charge in [0.1, 0.15) is 5.82 Å². The highest BCUT2D eigenvalue weighted by molar-refractivity contribution is 6.30. The monoisotopic (exact) mass is 345 g/mol. The molecule has 5 nitrogen and oxygen atoms in total. The van der Waals surface area contributed by atoms with Crippen LogP contribution in [-0.4, -0.2) is 27.0 Å². The number of alkyl halides is 3. The summed E-state index contributed by atoms with van der Waals surface area (Å²) in [5.74, 6) is -1.35. The smallest absolute Gasteiger partial charge is 0.410 e. The minimum atomic E-state index is -4.54. The van der Waals surface area contributed by atoms with E-state index in [2.05, 4.69) is 10.4 Å². The van der Waals surface area contributed by atoms with Gasteiger partial charge in [-0.05, 0) is 17.7 Å². The Morgan fingerprint density at radius 3 is 2.57 bits per heavy atom. The van der Waals surface area contributed by atoms with E-state index in [0.717, 1.165) is 6.07 Å². The average molecular weight is 346 g/mol. The molecule has 0 unspecified atom stereocenters. The van der Waals surface area contributed by atoms with E-state index in [1.54, 1.807) is 24.3 Å². The number of benzene rings is 1. The van der Waals surface area contributed by atoms with Crippen LogP contribution < -0.4 is 5.32 Å². The summed E-state index contributed by atoms with van der Waals surface area (Å²) in [7, 11) is 0. The van der Waals surface area contributed by atoms with Gasteiger partial charge in [0.15, 0.2) is 11.7 Å². The summed E-state index contributed by atoms with van der Waals surface area (Å²) in [5.41, 5.74) is 0.200. The molecule has 2 atom stereocenters. The minimum absolute atomic E-state index is 0.0240. The number of fused-ring (bicyclic) bond motifs is 1. The van der Waals surface area contributed by atoms with Gasteiger partial charge >= 0.3 is 12.1 Å². The average Bonchev–Trinajstić information content (AvgIpc) is 2.90. The van der Waals surface area contributed by atoms with E-state index < -0.39 is 29.9 Å².